The molecular weight excluding hydrogens is 411 g/mol. The highest BCUT2D eigenvalue weighted by atomic mass is 35.5. The van der Waals surface area contributed by atoms with Crippen molar-refractivity contribution in [2.24, 2.45) is 5.73 Å². The van der Waals surface area contributed by atoms with Crippen LogP contribution in [0.2, 0.25) is 0 Å². The number of carbonyl (C=O) groups excluding carboxylic acids is 1. The molecule has 27 heavy (non-hydrogen) atoms. The SMILES string of the molecule is Cc1ccc(S(=O)(=O)N2CCN(CC(=O)NCCCCN)CC2)cc1.Cl.Cl. The molecule has 1 aromatic rings. The lowest BCUT2D eigenvalue weighted by molar-refractivity contribution is -0.122. The second-order valence-electron chi connectivity index (χ2n) is 6.34. The second kappa shape index (κ2) is 12.5. The van der Waals surface area contributed by atoms with E-state index < -0.39 is 10.0 Å². The Morgan fingerprint density at radius 1 is 1.07 bits per heavy atom. The van der Waals surface area contributed by atoms with Crippen LogP contribution in [0.5, 0.6) is 0 Å². The van der Waals surface area contributed by atoms with Crippen LogP contribution in [-0.2, 0) is 14.8 Å². The summed E-state index contributed by atoms with van der Waals surface area (Å²) in [6.45, 7) is 5.42. The van der Waals surface area contributed by atoms with Crippen LogP contribution >= 0.6 is 24.8 Å². The van der Waals surface area contributed by atoms with Crippen LogP contribution in [0, 0.1) is 6.92 Å². The van der Waals surface area contributed by atoms with E-state index in [0.717, 1.165) is 18.4 Å². The van der Waals surface area contributed by atoms with Gasteiger partial charge in [-0.05, 0) is 38.4 Å². The first-order valence-electron chi connectivity index (χ1n) is 8.69. The number of piperazine rings is 1. The molecule has 156 valence electrons. The number of nitrogens with one attached hydrogen (secondary N) is 1. The van der Waals surface area contributed by atoms with E-state index in [1.807, 2.05) is 11.8 Å². The van der Waals surface area contributed by atoms with Gasteiger partial charge in [-0.2, -0.15) is 4.31 Å². The van der Waals surface area contributed by atoms with Crippen molar-refractivity contribution in [1.82, 2.24) is 14.5 Å². The maximum Gasteiger partial charge on any atom is 0.243 e. The van der Waals surface area contributed by atoms with E-state index in [4.69, 9.17) is 5.73 Å². The van der Waals surface area contributed by atoms with E-state index in [1.165, 1.54) is 4.31 Å². The molecule has 0 atom stereocenters. The van der Waals surface area contributed by atoms with Gasteiger partial charge in [0.25, 0.3) is 0 Å². The Hall–Kier alpha value is -0.900. The zero-order chi connectivity index (χ0) is 18.3. The van der Waals surface area contributed by atoms with Gasteiger partial charge in [0.05, 0.1) is 11.4 Å². The Morgan fingerprint density at radius 2 is 1.67 bits per heavy atom. The highest BCUT2D eigenvalue weighted by molar-refractivity contribution is 7.89. The van der Waals surface area contributed by atoms with Crippen molar-refractivity contribution in [3.63, 3.8) is 0 Å². The number of nitrogens with zero attached hydrogens (tertiary/aromatic N) is 2. The molecule has 1 aliphatic heterocycles. The highest BCUT2D eigenvalue weighted by Crippen LogP contribution is 2.18. The number of hydrogen-bond donors (Lipinski definition) is 2. The summed E-state index contributed by atoms with van der Waals surface area (Å²) in [6.07, 6.45) is 1.78. The van der Waals surface area contributed by atoms with Gasteiger partial charge in [-0.25, -0.2) is 8.42 Å². The van der Waals surface area contributed by atoms with Crippen LogP contribution in [0.25, 0.3) is 0 Å². The van der Waals surface area contributed by atoms with Crippen molar-refractivity contribution < 1.29 is 13.2 Å². The lowest BCUT2D eigenvalue weighted by Crippen LogP contribution is -2.51. The molecule has 1 fully saturated rings. The maximum absolute atomic E-state index is 12.6. The third-order valence-electron chi connectivity index (χ3n) is 4.31. The molecule has 0 unspecified atom stereocenters. The van der Waals surface area contributed by atoms with E-state index in [-0.39, 0.29) is 30.7 Å². The zero-order valence-electron chi connectivity index (χ0n) is 15.6. The summed E-state index contributed by atoms with van der Waals surface area (Å²) < 4.78 is 26.8. The standard InChI is InChI=1S/C17H28N4O3S.2ClH/c1-15-4-6-16(7-5-15)25(23,24)21-12-10-20(11-13-21)14-17(22)19-9-3-2-8-18;;/h4-7H,2-3,8-14,18H2,1H3,(H,19,22);2*1H. The molecule has 1 heterocycles. The molecule has 7 nitrogen and oxygen atoms in total. The first-order valence-corrected chi connectivity index (χ1v) is 10.1. The lowest BCUT2D eigenvalue weighted by atomic mass is 10.2. The molecule has 0 aromatic heterocycles. The fourth-order valence-corrected chi connectivity index (χ4v) is 4.17. The third kappa shape index (κ3) is 7.93. The average molecular weight is 441 g/mol. The summed E-state index contributed by atoms with van der Waals surface area (Å²) >= 11 is 0. The van der Waals surface area contributed by atoms with Crippen LogP contribution < -0.4 is 11.1 Å². The number of halogens is 2. The minimum atomic E-state index is -3.46. The summed E-state index contributed by atoms with van der Waals surface area (Å²) in [4.78, 5) is 14.2. The van der Waals surface area contributed by atoms with Gasteiger partial charge in [0.15, 0.2) is 0 Å². The van der Waals surface area contributed by atoms with Crippen LogP contribution in [0.1, 0.15) is 18.4 Å². The van der Waals surface area contributed by atoms with Gasteiger partial charge in [0, 0.05) is 32.7 Å². The van der Waals surface area contributed by atoms with Crippen molar-refractivity contribution in [3.05, 3.63) is 29.8 Å². The van der Waals surface area contributed by atoms with Gasteiger partial charge in [-0.3, -0.25) is 9.69 Å². The summed E-state index contributed by atoms with van der Waals surface area (Å²) in [5.74, 6) is -0.0214. The molecule has 0 saturated carbocycles. The molecule has 3 N–H and O–H groups in total. The Balaban J connectivity index is 0.00000338. The molecule has 0 aliphatic carbocycles. The maximum atomic E-state index is 12.6. The molecule has 1 aliphatic rings. The van der Waals surface area contributed by atoms with E-state index in [0.29, 0.717) is 50.7 Å². The van der Waals surface area contributed by atoms with Crippen molar-refractivity contribution in [2.75, 3.05) is 45.8 Å². The molecule has 0 spiro atoms. The number of hydrogen-bond acceptors (Lipinski definition) is 5. The molecule has 1 aromatic carbocycles. The lowest BCUT2D eigenvalue weighted by Gasteiger charge is -2.33. The predicted octanol–water partition coefficient (Wildman–Crippen LogP) is 1.00. The second-order valence-corrected chi connectivity index (χ2v) is 8.28. The van der Waals surface area contributed by atoms with Gasteiger partial charge < -0.3 is 11.1 Å². The Labute approximate surface area is 174 Å². The van der Waals surface area contributed by atoms with Crippen LogP contribution in [-0.4, -0.2) is 69.3 Å². The summed E-state index contributed by atoms with van der Waals surface area (Å²) in [7, 11) is -3.46. The fourth-order valence-electron chi connectivity index (χ4n) is 2.74. The molecule has 10 heteroatoms. The number of aryl methyl sites for hydroxylation is 1. The van der Waals surface area contributed by atoms with Crippen molar-refractivity contribution in [1.29, 1.82) is 0 Å². The number of benzene rings is 1. The van der Waals surface area contributed by atoms with E-state index in [1.54, 1.807) is 24.3 Å². The van der Waals surface area contributed by atoms with Crippen molar-refractivity contribution in [2.45, 2.75) is 24.7 Å². The first kappa shape index (κ1) is 26.1. The van der Waals surface area contributed by atoms with Gasteiger partial charge in [-0.1, -0.05) is 17.7 Å². The molecular formula is C17H30Cl2N4O3S. The van der Waals surface area contributed by atoms with Crippen LogP contribution in [0.4, 0.5) is 0 Å². The smallest absolute Gasteiger partial charge is 0.243 e. The quantitative estimate of drug-likeness (QED) is 0.587. The number of unbranched alkanes of at least 4 members (excludes halogenated alkanes) is 1. The monoisotopic (exact) mass is 440 g/mol. The molecule has 2 rings (SSSR count). The van der Waals surface area contributed by atoms with Crippen LogP contribution in [0.3, 0.4) is 0 Å². The summed E-state index contributed by atoms with van der Waals surface area (Å²) in [6, 6.07) is 6.90. The summed E-state index contributed by atoms with van der Waals surface area (Å²) in [5, 5.41) is 2.87. The molecule has 0 bridgehead atoms. The highest BCUT2D eigenvalue weighted by Gasteiger charge is 2.28. The number of sulfonamides is 1. The molecule has 1 amide bonds. The normalized spacial score (nSPS) is 15.5. The first-order chi connectivity index (χ1) is 11.9. The predicted molar refractivity (Wildman–Crippen MR) is 112 cm³/mol. The van der Waals surface area contributed by atoms with E-state index in [2.05, 4.69) is 5.32 Å². The molecule has 0 radical (unpaired) electrons. The fraction of sp³-hybridized carbons (Fsp3) is 0.588. The van der Waals surface area contributed by atoms with Gasteiger partial charge in [0.2, 0.25) is 15.9 Å². The third-order valence-corrected chi connectivity index (χ3v) is 6.22. The zero-order valence-corrected chi connectivity index (χ0v) is 18.0. The summed E-state index contributed by atoms with van der Waals surface area (Å²) in [5.41, 5.74) is 6.45. The minimum Gasteiger partial charge on any atom is -0.355 e. The number of rotatable bonds is 8. The van der Waals surface area contributed by atoms with Crippen molar-refractivity contribution >= 4 is 40.7 Å². The number of amides is 1. The molecule has 1 saturated heterocycles. The van der Waals surface area contributed by atoms with Gasteiger partial charge >= 0.3 is 0 Å². The Kier molecular flexibility index (Phi) is 12.1. The van der Waals surface area contributed by atoms with E-state index in [9.17, 15) is 13.2 Å². The Morgan fingerprint density at radius 3 is 2.22 bits per heavy atom. The number of carbonyl (C=O) groups is 1. The Bertz CT molecular complexity index is 663. The van der Waals surface area contributed by atoms with E-state index >= 15 is 0 Å². The minimum absolute atomic E-state index is 0. The number of nitrogens with two attached hydrogens (primary N) is 1. The topological polar surface area (TPSA) is 95.7 Å². The van der Waals surface area contributed by atoms with Crippen molar-refractivity contribution in [3.8, 4) is 0 Å². The van der Waals surface area contributed by atoms with Gasteiger partial charge in [-0.15, -0.1) is 24.8 Å². The average Bonchev–Trinajstić information content (AvgIpc) is 2.60. The van der Waals surface area contributed by atoms with Gasteiger partial charge in [0.1, 0.15) is 0 Å². The van der Waals surface area contributed by atoms with Crippen LogP contribution in [0.15, 0.2) is 29.2 Å². The largest absolute Gasteiger partial charge is 0.355 e.